The molecule has 0 heterocycles. The summed E-state index contributed by atoms with van der Waals surface area (Å²) in [6.45, 7) is 3.75. The first kappa shape index (κ1) is 22.9. The van der Waals surface area contributed by atoms with Crippen LogP contribution < -0.4 is 16.4 Å². The largest absolute Gasteiger partial charge is 0.467 e. The van der Waals surface area contributed by atoms with Crippen molar-refractivity contribution in [3.8, 4) is 0 Å². The summed E-state index contributed by atoms with van der Waals surface area (Å²) in [6.07, 6.45) is -0.995. The van der Waals surface area contributed by atoms with E-state index in [2.05, 4.69) is 15.4 Å². The Morgan fingerprint density at radius 3 is 2.21 bits per heavy atom. The van der Waals surface area contributed by atoms with Crippen molar-refractivity contribution < 1.29 is 28.7 Å². The average Bonchev–Trinajstić information content (AvgIpc) is 2.64. The van der Waals surface area contributed by atoms with Gasteiger partial charge in [0.05, 0.1) is 13.5 Å². The first-order chi connectivity index (χ1) is 13.2. The summed E-state index contributed by atoms with van der Waals surface area (Å²) in [5.74, 6) is -2.04. The van der Waals surface area contributed by atoms with Crippen LogP contribution in [0.25, 0.3) is 0 Å². The molecule has 1 aromatic rings. The molecule has 0 aliphatic rings. The lowest BCUT2D eigenvalue weighted by molar-refractivity contribution is -0.145. The predicted molar refractivity (Wildman–Crippen MR) is 101 cm³/mol. The normalized spacial score (nSPS) is 12.6. The molecule has 9 heteroatoms. The number of nitrogens with two attached hydrogens (primary N) is 1. The number of methoxy groups -OCH3 is 1. The maximum Gasteiger partial charge on any atom is 0.408 e. The van der Waals surface area contributed by atoms with Gasteiger partial charge < -0.3 is 25.8 Å². The zero-order chi connectivity index (χ0) is 21.1. The van der Waals surface area contributed by atoms with Gasteiger partial charge in [-0.05, 0) is 17.9 Å². The van der Waals surface area contributed by atoms with E-state index in [1.165, 1.54) is 7.11 Å². The third-order valence-electron chi connectivity index (χ3n) is 3.74. The summed E-state index contributed by atoms with van der Waals surface area (Å²) < 4.78 is 9.74. The van der Waals surface area contributed by atoms with Crippen molar-refractivity contribution in [2.24, 2.45) is 11.7 Å². The van der Waals surface area contributed by atoms with Crippen LogP contribution in [0.2, 0.25) is 0 Å². The SMILES string of the molecule is COC(=O)[C@@H](CC(C)C)NC(=O)[C@H](CC(N)=O)NC(=O)OCc1ccccc1. The van der Waals surface area contributed by atoms with Gasteiger partial charge in [0, 0.05) is 0 Å². The van der Waals surface area contributed by atoms with E-state index in [9.17, 15) is 19.2 Å². The topological polar surface area (TPSA) is 137 Å². The molecule has 2 atom stereocenters. The molecule has 0 spiro atoms. The standard InChI is InChI=1S/C19H27N3O6/c1-12(2)9-15(18(25)27-3)21-17(24)14(10-16(20)23)22-19(26)28-11-13-7-5-4-6-8-13/h4-8,12,14-15H,9-11H2,1-3H3,(H2,20,23)(H,21,24)(H,22,26)/t14-,15+/m0/s1. The highest BCUT2D eigenvalue weighted by atomic mass is 16.5. The lowest BCUT2D eigenvalue weighted by Gasteiger charge is -2.22. The summed E-state index contributed by atoms with van der Waals surface area (Å²) in [6, 6.07) is 6.77. The number of primary amides is 1. The van der Waals surface area contributed by atoms with Crippen LogP contribution in [0, 0.1) is 5.92 Å². The minimum atomic E-state index is -1.28. The zero-order valence-electron chi connectivity index (χ0n) is 16.3. The Bertz CT molecular complexity index is 678. The molecule has 9 nitrogen and oxygen atoms in total. The fraction of sp³-hybridized carbons (Fsp3) is 0.474. The molecule has 0 unspecified atom stereocenters. The van der Waals surface area contributed by atoms with Gasteiger partial charge >= 0.3 is 12.1 Å². The van der Waals surface area contributed by atoms with Crippen molar-refractivity contribution in [1.29, 1.82) is 0 Å². The first-order valence-electron chi connectivity index (χ1n) is 8.86. The summed E-state index contributed by atoms with van der Waals surface area (Å²) in [7, 11) is 1.21. The number of carbonyl (C=O) groups is 4. The molecule has 28 heavy (non-hydrogen) atoms. The Labute approximate surface area is 163 Å². The Kier molecular flexibility index (Phi) is 9.49. The van der Waals surface area contributed by atoms with E-state index in [0.717, 1.165) is 5.56 Å². The monoisotopic (exact) mass is 393 g/mol. The van der Waals surface area contributed by atoms with Crippen molar-refractivity contribution in [3.05, 3.63) is 35.9 Å². The maximum absolute atomic E-state index is 12.5. The number of benzene rings is 1. The summed E-state index contributed by atoms with van der Waals surface area (Å²) >= 11 is 0. The first-order valence-corrected chi connectivity index (χ1v) is 8.86. The minimum Gasteiger partial charge on any atom is -0.467 e. The van der Waals surface area contributed by atoms with Gasteiger partial charge in [-0.1, -0.05) is 44.2 Å². The summed E-state index contributed by atoms with van der Waals surface area (Å²) in [4.78, 5) is 47.7. The molecule has 0 bridgehead atoms. The number of hydrogen-bond donors (Lipinski definition) is 3. The van der Waals surface area contributed by atoms with Gasteiger partial charge in [-0.3, -0.25) is 9.59 Å². The van der Waals surface area contributed by atoms with Crippen LogP contribution in [0.5, 0.6) is 0 Å². The van der Waals surface area contributed by atoms with Crippen LogP contribution in [0.3, 0.4) is 0 Å². The second-order valence-corrected chi connectivity index (χ2v) is 6.64. The number of ether oxygens (including phenoxy) is 2. The molecule has 1 rings (SSSR count). The van der Waals surface area contributed by atoms with E-state index < -0.39 is 42.4 Å². The van der Waals surface area contributed by atoms with E-state index in [4.69, 9.17) is 10.5 Å². The number of carbonyl (C=O) groups excluding carboxylic acids is 4. The molecule has 4 N–H and O–H groups in total. The number of amides is 3. The van der Waals surface area contributed by atoms with Crippen LogP contribution in [-0.4, -0.2) is 43.1 Å². The quantitative estimate of drug-likeness (QED) is 0.504. The fourth-order valence-electron chi connectivity index (χ4n) is 2.42. The lowest BCUT2D eigenvalue weighted by atomic mass is 10.0. The molecule has 0 aliphatic carbocycles. The molecule has 0 aliphatic heterocycles. The Balaban J connectivity index is 2.73. The van der Waals surface area contributed by atoms with Crippen molar-refractivity contribution >= 4 is 23.9 Å². The van der Waals surface area contributed by atoms with Crippen molar-refractivity contribution in [2.45, 2.75) is 45.4 Å². The van der Waals surface area contributed by atoms with Gasteiger partial charge in [-0.2, -0.15) is 0 Å². The highest BCUT2D eigenvalue weighted by Gasteiger charge is 2.29. The number of hydrogen-bond acceptors (Lipinski definition) is 6. The molecule has 0 aromatic heterocycles. The van der Waals surface area contributed by atoms with Gasteiger partial charge in [0.25, 0.3) is 0 Å². The third kappa shape index (κ3) is 8.52. The maximum atomic E-state index is 12.5. The second kappa shape index (κ2) is 11.6. The molecular weight excluding hydrogens is 366 g/mol. The van der Waals surface area contributed by atoms with E-state index in [1.807, 2.05) is 19.9 Å². The van der Waals surface area contributed by atoms with Gasteiger partial charge in [0.1, 0.15) is 18.7 Å². The van der Waals surface area contributed by atoms with E-state index >= 15 is 0 Å². The Morgan fingerprint density at radius 1 is 1.04 bits per heavy atom. The predicted octanol–water partition coefficient (Wildman–Crippen LogP) is 0.861. The Hall–Kier alpha value is -3.10. The smallest absolute Gasteiger partial charge is 0.408 e. The van der Waals surface area contributed by atoms with Gasteiger partial charge in [-0.25, -0.2) is 9.59 Å². The van der Waals surface area contributed by atoms with E-state index in [-0.39, 0.29) is 12.5 Å². The molecule has 3 amide bonds. The van der Waals surface area contributed by atoms with Crippen molar-refractivity contribution in [3.63, 3.8) is 0 Å². The number of nitrogens with one attached hydrogen (secondary N) is 2. The molecule has 1 aromatic carbocycles. The lowest BCUT2D eigenvalue weighted by Crippen LogP contribution is -2.53. The van der Waals surface area contributed by atoms with E-state index in [0.29, 0.717) is 6.42 Å². The van der Waals surface area contributed by atoms with E-state index in [1.54, 1.807) is 24.3 Å². The molecule has 154 valence electrons. The zero-order valence-corrected chi connectivity index (χ0v) is 16.3. The Morgan fingerprint density at radius 2 is 1.68 bits per heavy atom. The minimum absolute atomic E-state index is 0.00425. The molecule has 0 saturated carbocycles. The van der Waals surface area contributed by atoms with Crippen LogP contribution in [0.15, 0.2) is 30.3 Å². The van der Waals surface area contributed by atoms with Crippen LogP contribution in [-0.2, 0) is 30.5 Å². The molecule has 0 radical (unpaired) electrons. The summed E-state index contributed by atoms with van der Waals surface area (Å²) in [5, 5.41) is 4.80. The highest BCUT2D eigenvalue weighted by molar-refractivity contribution is 5.92. The van der Waals surface area contributed by atoms with Gasteiger partial charge in [0.15, 0.2) is 0 Å². The average molecular weight is 393 g/mol. The fourth-order valence-corrected chi connectivity index (χ4v) is 2.42. The van der Waals surface area contributed by atoms with Crippen LogP contribution >= 0.6 is 0 Å². The van der Waals surface area contributed by atoms with Crippen LogP contribution in [0.4, 0.5) is 4.79 Å². The number of esters is 1. The van der Waals surface area contributed by atoms with Gasteiger partial charge in [-0.15, -0.1) is 0 Å². The van der Waals surface area contributed by atoms with Crippen molar-refractivity contribution in [1.82, 2.24) is 10.6 Å². The van der Waals surface area contributed by atoms with Crippen molar-refractivity contribution in [2.75, 3.05) is 7.11 Å². The molecule has 0 fully saturated rings. The number of rotatable bonds is 10. The van der Waals surface area contributed by atoms with Gasteiger partial charge in [0.2, 0.25) is 11.8 Å². The molecule has 0 saturated heterocycles. The van der Waals surface area contributed by atoms with Crippen LogP contribution in [0.1, 0.15) is 32.3 Å². The summed E-state index contributed by atoms with van der Waals surface area (Å²) in [5.41, 5.74) is 5.93. The number of alkyl carbamates (subject to hydrolysis) is 1. The highest BCUT2D eigenvalue weighted by Crippen LogP contribution is 2.07. The second-order valence-electron chi connectivity index (χ2n) is 6.64. The molecular formula is C19H27N3O6. The third-order valence-corrected chi connectivity index (χ3v) is 3.74.